The Morgan fingerprint density at radius 2 is 1.33 bits per heavy atom. The maximum Gasteiger partial charge on any atom is 0.306 e. The van der Waals surface area contributed by atoms with Crippen molar-refractivity contribution in [3.05, 3.63) is 0 Å². The van der Waals surface area contributed by atoms with Crippen LogP contribution in [0.1, 0.15) is 86.5 Å². The second-order valence-corrected chi connectivity index (χ2v) is 7.53. The Morgan fingerprint density at radius 1 is 0.810 bits per heavy atom. The molecule has 0 saturated heterocycles. The van der Waals surface area contributed by atoms with E-state index in [0.29, 0.717) is 30.8 Å². The summed E-state index contributed by atoms with van der Waals surface area (Å²) >= 11 is 0. The van der Waals surface area contributed by atoms with E-state index in [9.17, 15) is 4.79 Å². The fourth-order valence-corrected chi connectivity index (χ4v) is 2.86. The molecule has 0 heterocycles. The fraction of sp³-hybridized carbons (Fsp3) is 0.947. The first-order valence-corrected chi connectivity index (χ1v) is 9.00. The minimum absolute atomic E-state index is 0.0118. The quantitative estimate of drug-likeness (QED) is 0.334. The molecule has 0 aliphatic rings. The van der Waals surface area contributed by atoms with Gasteiger partial charge in [0.25, 0.3) is 0 Å². The number of hydrogen-bond donors (Lipinski definition) is 0. The summed E-state index contributed by atoms with van der Waals surface area (Å²) in [5.41, 5.74) is 0. The first kappa shape index (κ1) is 20.5. The van der Waals surface area contributed by atoms with Gasteiger partial charge in [0.05, 0.1) is 6.61 Å². The molecule has 0 amide bonds. The average Bonchev–Trinajstić information content (AvgIpc) is 2.37. The lowest BCUT2D eigenvalue weighted by atomic mass is 9.83. The number of rotatable bonds is 12. The summed E-state index contributed by atoms with van der Waals surface area (Å²) in [6, 6.07) is 0. The Balaban J connectivity index is 3.57. The van der Waals surface area contributed by atoms with Crippen LogP contribution >= 0.6 is 0 Å². The van der Waals surface area contributed by atoms with Gasteiger partial charge in [0.1, 0.15) is 0 Å². The van der Waals surface area contributed by atoms with Crippen LogP contribution in [0.5, 0.6) is 0 Å². The zero-order valence-corrected chi connectivity index (χ0v) is 15.3. The van der Waals surface area contributed by atoms with E-state index >= 15 is 0 Å². The predicted molar refractivity (Wildman–Crippen MR) is 91.3 cm³/mol. The van der Waals surface area contributed by atoms with E-state index in [1.165, 1.54) is 32.1 Å². The molecule has 126 valence electrons. The predicted octanol–water partition coefficient (Wildman–Crippen LogP) is 5.84. The van der Waals surface area contributed by atoms with Crippen molar-refractivity contribution in [1.29, 1.82) is 0 Å². The Kier molecular flexibility index (Phi) is 11.8. The number of unbranched alkanes of at least 4 members (excludes halogenated alkanes) is 4. The molecule has 0 radical (unpaired) electrons. The Bertz CT molecular complexity index is 248. The minimum atomic E-state index is -0.0118. The third-order valence-electron chi connectivity index (χ3n) is 4.30. The molecule has 0 aromatic carbocycles. The highest BCUT2D eigenvalue weighted by Crippen LogP contribution is 2.24. The lowest BCUT2D eigenvalue weighted by molar-refractivity contribution is -0.145. The van der Waals surface area contributed by atoms with E-state index in [0.717, 1.165) is 12.3 Å². The molecule has 0 rings (SSSR count). The van der Waals surface area contributed by atoms with Crippen molar-refractivity contribution < 1.29 is 9.53 Å². The molecule has 2 heteroatoms. The van der Waals surface area contributed by atoms with Crippen molar-refractivity contribution in [1.82, 2.24) is 0 Å². The summed E-state index contributed by atoms with van der Waals surface area (Å²) in [5.74, 6) is 2.33. The molecule has 2 nitrogen and oxygen atoms in total. The summed E-state index contributed by atoms with van der Waals surface area (Å²) < 4.78 is 5.38. The summed E-state index contributed by atoms with van der Waals surface area (Å²) in [7, 11) is 0. The van der Waals surface area contributed by atoms with Crippen LogP contribution in [0.4, 0.5) is 0 Å². The molecule has 0 atom stereocenters. The van der Waals surface area contributed by atoms with Crippen molar-refractivity contribution in [2.75, 3.05) is 6.61 Å². The van der Waals surface area contributed by atoms with E-state index in [1.54, 1.807) is 0 Å². The lowest BCUT2D eigenvalue weighted by Gasteiger charge is -2.23. The summed E-state index contributed by atoms with van der Waals surface area (Å²) in [4.78, 5) is 11.9. The smallest absolute Gasteiger partial charge is 0.306 e. The maximum atomic E-state index is 11.9. The van der Waals surface area contributed by atoms with Gasteiger partial charge in [-0.3, -0.25) is 4.79 Å². The molecule has 0 fully saturated rings. The number of esters is 1. The van der Waals surface area contributed by atoms with Crippen LogP contribution < -0.4 is 0 Å². The van der Waals surface area contributed by atoms with Crippen molar-refractivity contribution in [2.24, 2.45) is 23.7 Å². The molecular weight excluding hydrogens is 260 g/mol. The molecular formula is C19H38O2. The maximum absolute atomic E-state index is 11.9. The zero-order chi connectivity index (χ0) is 16.3. The molecule has 0 unspecified atom stereocenters. The second-order valence-electron chi connectivity index (χ2n) is 7.53. The van der Waals surface area contributed by atoms with Gasteiger partial charge in [-0.15, -0.1) is 0 Å². The van der Waals surface area contributed by atoms with Crippen LogP contribution in [0.3, 0.4) is 0 Å². The van der Waals surface area contributed by atoms with Crippen LogP contribution in [0, 0.1) is 23.7 Å². The normalized spacial score (nSPS) is 11.9. The van der Waals surface area contributed by atoms with E-state index in [-0.39, 0.29) is 5.97 Å². The van der Waals surface area contributed by atoms with Gasteiger partial charge < -0.3 is 4.74 Å². The third-order valence-corrected chi connectivity index (χ3v) is 4.30. The Labute approximate surface area is 133 Å². The highest BCUT2D eigenvalue weighted by atomic mass is 16.5. The molecule has 0 bridgehead atoms. The van der Waals surface area contributed by atoms with Crippen LogP contribution in [-0.2, 0) is 9.53 Å². The van der Waals surface area contributed by atoms with Gasteiger partial charge in [-0.25, -0.2) is 0 Å². The van der Waals surface area contributed by atoms with Gasteiger partial charge in [0.2, 0.25) is 0 Å². The van der Waals surface area contributed by atoms with Crippen LogP contribution in [0.2, 0.25) is 0 Å². The number of hydrogen-bond acceptors (Lipinski definition) is 2. The molecule has 0 spiro atoms. The molecule has 0 aliphatic heterocycles. The zero-order valence-electron chi connectivity index (χ0n) is 15.3. The number of carbonyl (C=O) groups is 1. The summed E-state index contributed by atoms with van der Waals surface area (Å²) in [5, 5.41) is 0. The lowest BCUT2D eigenvalue weighted by Crippen LogP contribution is -2.21. The van der Waals surface area contributed by atoms with Gasteiger partial charge >= 0.3 is 5.97 Å². The van der Waals surface area contributed by atoms with E-state index in [2.05, 4.69) is 41.5 Å². The average molecular weight is 299 g/mol. The minimum Gasteiger partial charge on any atom is -0.466 e. The highest BCUT2D eigenvalue weighted by Gasteiger charge is 2.21. The van der Waals surface area contributed by atoms with Gasteiger partial charge in [-0.1, -0.05) is 73.6 Å². The number of ether oxygens (including phenoxy) is 1. The summed E-state index contributed by atoms with van der Waals surface area (Å²) in [6.45, 7) is 13.9. The van der Waals surface area contributed by atoms with E-state index < -0.39 is 0 Å². The molecule has 0 aromatic heterocycles. The fourth-order valence-electron chi connectivity index (χ4n) is 2.86. The molecule has 0 saturated carbocycles. The van der Waals surface area contributed by atoms with Gasteiger partial charge in [0.15, 0.2) is 0 Å². The number of carbonyl (C=O) groups excluding carboxylic acids is 1. The molecule has 21 heavy (non-hydrogen) atoms. The molecule has 0 aromatic rings. The van der Waals surface area contributed by atoms with Crippen LogP contribution in [-0.4, -0.2) is 12.6 Å². The Hall–Kier alpha value is -0.530. The van der Waals surface area contributed by atoms with Crippen molar-refractivity contribution >= 4 is 5.97 Å². The van der Waals surface area contributed by atoms with Crippen molar-refractivity contribution in [2.45, 2.75) is 86.5 Å². The topological polar surface area (TPSA) is 26.3 Å². The monoisotopic (exact) mass is 298 g/mol. The first-order valence-electron chi connectivity index (χ1n) is 9.00. The van der Waals surface area contributed by atoms with Gasteiger partial charge in [-0.05, 0) is 30.1 Å². The van der Waals surface area contributed by atoms with Crippen molar-refractivity contribution in [3.63, 3.8) is 0 Å². The SMILES string of the molecule is CC(C)CCCCCCCOC(=O)CC(C(C)C)C(C)C. The van der Waals surface area contributed by atoms with Crippen LogP contribution in [0.25, 0.3) is 0 Å². The van der Waals surface area contributed by atoms with Crippen LogP contribution in [0.15, 0.2) is 0 Å². The summed E-state index contributed by atoms with van der Waals surface area (Å²) in [6.07, 6.45) is 8.02. The van der Waals surface area contributed by atoms with E-state index in [4.69, 9.17) is 4.74 Å². The second kappa shape index (κ2) is 12.1. The van der Waals surface area contributed by atoms with Gasteiger partial charge in [0, 0.05) is 6.42 Å². The van der Waals surface area contributed by atoms with Gasteiger partial charge in [-0.2, -0.15) is 0 Å². The Morgan fingerprint density at radius 3 is 1.86 bits per heavy atom. The van der Waals surface area contributed by atoms with E-state index in [1.807, 2.05) is 0 Å². The molecule has 0 N–H and O–H groups in total. The molecule has 0 aliphatic carbocycles. The highest BCUT2D eigenvalue weighted by molar-refractivity contribution is 5.69. The third kappa shape index (κ3) is 11.8. The standard InChI is InChI=1S/C19H38O2/c1-15(2)12-10-8-7-9-11-13-21-19(20)14-18(16(3)4)17(5)6/h15-18H,7-14H2,1-6H3. The first-order chi connectivity index (χ1) is 9.84. The van der Waals surface area contributed by atoms with Crippen molar-refractivity contribution in [3.8, 4) is 0 Å². The largest absolute Gasteiger partial charge is 0.466 e.